The van der Waals surface area contributed by atoms with Crippen LogP contribution in [0.2, 0.25) is 0 Å². The van der Waals surface area contributed by atoms with E-state index in [0.29, 0.717) is 18.7 Å². The minimum Gasteiger partial charge on any atom is -0.358 e. The molecule has 2 aromatic heterocycles. The van der Waals surface area contributed by atoms with Crippen LogP contribution in [0.1, 0.15) is 60.8 Å². The lowest BCUT2D eigenvalue weighted by Gasteiger charge is -2.20. The van der Waals surface area contributed by atoms with Gasteiger partial charge in [-0.25, -0.2) is 9.78 Å². The van der Waals surface area contributed by atoms with E-state index in [1.165, 1.54) is 0 Å². The van der Waals surface area contributed by atoms with Crippen molar-refractivity contribution >= 4 is 17.6 Å². The second kappa shape index (κ2) is 8.38. The molecule has 0 bridgehead atoms. The third-order valence-corrected chi connectivity index (χ3v) is 5.29. The van der Waals surface area contributed by atoms with Crippen LogP contribution in [0.25, 0.3) is 11.3 Å². The first-order valence-electron chi connectivity index (χ1n) is 10.7. The lowest BCUT2D eigenvalue weighted by molar-refractivity contribution is 0.0971. The Bertz CT molecular complexity index is 1110. The van der Waals surface area contributed by atoms with Gasteiger partial charge < -0.3 is 10.3 Å². The molecule has 0 atom stereocenters. The maximum atomic E-state index is 12.8. The molecular formula is C25H28N4O2. The number of nitrogens with zero attached hydrogens (tertiary/aromatic N) is 1. The van der Waals surface area contributed by atoms with E-state index >= 15 is 0 Å². The van der Waals surface area contributed by atoms with Crippen molar-refractivity contribution in [2.24, 2.45) is 0 Å². The summed E-state index contributed by atoms with van der Waals surface area (Å²) in [4.78, 5) is 32.9. The smallest absolute Gasteiger partial charge is 0.320 e. The first kappa shape index (κ1) is 20.8. The van der Waals surface area contributed by atoms with Crippen LogP contribution in [0.4, 0.5) is 10.6 Å². The van der Waals surface area contributed by atoms with Gasteiger partial charge in [0.25, 0.3) is 0 Å². The van der Waals surface area contributed by atoms with Crippen LogP contribution < -0.4 is 10.6 Å². The van der Waals surface area contributed by atoms with E-state index < -0.39 is 0 Å². The van der Waals surface area contributed by atoms with Crippen LogP contribution in [-0.2, 0) is 12.8 Å². The SMILES string of the molecule is CC(C)(C)NC(=O)Nc1cc(-c2[nH]c3c(c2Cc2ccccc2)C(=O)CCC3)ccn1. The molecule has 1 aliphatic rings. The third-order valence-electron chi connectivity index (χ3n) is 5.29. The number of pyridine rings is 1. The predicted octanol–water partition coefficient (Wildman–Crippen LogP) is 5.11. The molecule has 0 radical (unpaired) electrons. The molecule has 160 valence electrons. The minimum atomic E-state index is -0.344. The first-order valence-corrected chi connectivity index (χ1v) is 10.7. The maximum absolute atomic E-state index is 12.8. The number of hydrogen-bond donors (Lipinski definition) is 3. The van der Waals surface area contributed by atoms with Crippen LogP contribution in [0.5, 0.6) is 0 Å². The molecule has 4 rings (SSSR count). The van der Waals surface area contributed by atoms with Crippen LogP contribution in [-0.4, -0.2) is 27.3 Å². The second-order valence-corrected chi connectivity index (χ2v) is 9.03. The summed E-state index contributed by atoms with van der Waals surface area (Å²) in [5.41, 5.74) is 5.49. The third kappa shape index (κ3) is 4.85. The van der Waals surface area contributed by atoms with Crippen molar-refractivity contribution in [1.29, 1.82) is 0 Å². The number of H-pyrrole nitrogens is 1. The molecule has 3 aromatic rings. The molecule has 0 saturated heterocycles. The van der Waals surface area contributed by atoms with Gasteiger partial charge in [-0.15, -0.1) is 0 Å². The number of aromatic nitrogens is 2. The summed E-state index contributed by atoms with van der Waals surface area (Å²) >= 11 is 0. The number of aromatic amines is 1. The van der Waals surface area contributed by atoms with E-state index in [4.69, 9.17) is 0 Å². The maximum Gasteiger partial charge on any atom is 0.320 e. The highest BCUT2D eigenvalue weighted by Crippen LogP contribution is 2.35. The van der Waals surface area contributed by atoms with Crippen molar-refractivity contribution in [3.8, 4) is 11.3 Å². The summed E-state index contributed by atoms with van der Waals surface area (Å²) < 4.78 is 0. The van der Waals surface area contributed by atoms with Crippen molar-refractivity contribution in [2.45, 2.75) is 52.0 Å². The average molecular weight is 417 g/mol. The molecule has 2 heterocycles. The van der Waals surface area contributed by atoms with Gasteiger partial charge in [0.05, 0.1) is 5.69 Å². The van der Waals surface area contributed by atoms with Gasteiger partial charge in [0.1, 0.15) is 5.82 Å². The number of aryl methyl sites for hydroxylation is 1. The van der Waals surface area contributed by atoms with Crippen molar-refractivity contribution in [1.82, 2.24) is 15.3 Å². The Morgan fingerprint density at radius 3 is 2.65 bits per heavy atom. The van der Waals surface area contributed by atoms with Gasteiger partial charge in [-0.2, -0.15) is 0 Å². The monoisotopic (exact) mass is 416 g/mol. The largest absolute Gasteiger partial charge is 0.358 e. The second-order valence-electron chi connectivity index (χ2n) is 9.03. The highest BCUT2D eigenvalue weighted by Gasteiger charge is 2.26. The molecule has 0 unspecified atom stereocenters. The van der Waals surface area contributed by atoms with Crippen LogP contribution in [0.15, 0.2) is 48.7 Å². The standard InChI is InChI=1S/C25H28N4O2/c1-25(2,3)29-24(31)28-21-15-17(12-13-26-21)23-18(14-16-8-5-4-6-9-16)22-19(27-23)10-7-11-20(22)30/h4-6,8-9,12-13,15,27H,7,10-11,14H2,1-3H3,(H2,26,28,29,31). The fraction of sp³-hybridized carbons (Fsp3) is 0.320. The molecule has 1 aromatic carbocycles. The molecule has 1 aliphatic carbocycles. The van der Waals surface area contributed by atoms with Crippen LogP contribution in [0.3, 0.4) is 0 Å². The lowest BCUT2D eigenvalue weighted by Crippen LogP contribution is -2.43. The van der Waals surface area contributed by atoms with Gasteiger partial charge in [0.2, 0.25) is 0 Å². The highest BCUT2D eigenvalue weighted by molar-refractivity contribution is 6.01. The molecule has 0 saturated carbocycles. The number of Topliss-reactive ketones (excluding diaryl/α,β-unsaturated/α-hetero) is 1. The van der Waals surface area contributed by atoms with E-state index in [-0.39, 0.29) is 17.4 Å². The molecule has 0 aliphatic heterocycles. The number of nitrogens with one attached hydrogen (secondary N) is 3. The van der Waals surface area contributed by atoms with E-state index in [9.17, 15) is 9.59 Å². The number of ketones is 1. The Hall–Kier alpha value is -3.41. The lowest BCUT2D eigenvalue weighted by atomic mass is 9.90. The number of urea groups is 1. The number of benzene rings is 1. The topological polar surface area (TPSA) is 86.9 Å². The Morgan fingerprint density at radius 2 is 1.90 bits per heavy atom. The Kier molecular flexibility index (Phi) is 5.63. The normalized spacial score (nSPS) is 13.6. The van der Waals surface area contributed by atoms with Gasteiger partial charge in [-0.05, 0) is 56.9 Å². The molecule has 3 N–H and O–H groups in total. The average Bonchev–Trinajstić information content (AvgIpc) is 3.07. The molecule has 0 fully saturated rings. The Balaban J connectivity index is 1.71. The van der Waals surface area contributed by atoms with Gasteiger partial charge in [0, 0.05) is 41.4 Å². The first-order chi connectivity index (χ1) is 14.8. The summed E-state index contributed by atoms with van der Waals surface area (Å²) in [6.07, 6.45) is 4.67. The summed E-state index contributed by atoms with van der Waals surface area (Å²) in [6, 6.07) is 13.6. The minimum absolute atomic E-state index is 0.201. The molecule has 6 heteroatoms. The van der Waals surface area contributed by atoms with E-state index in [2.05, 4.69) is 32.7 Å². The number of amides is 2. The van der Waals surface area contributed by atoms with E-state index in [1.807, 2.05) is 51.1 Å². The van der Waals surface area contributed by atoms with Crippen molar-refractivity contribution in [3.63, 3.8) is 0 Å². The molecule has 31 heavy (non-hydrogen) atoms. The summed E-state index contributed by atoms with van der Waals surface area (Å²) in [5, 5.41) is 5.68. The fourth-order valence-corrected chi connectivity index (χ4v) is 4.04. The number of hydrogen-bond acceptors (Lipinski definition) is 3. The van der Waals surface area contributed by atoms with Crippen molar-refractivity contribution in [2.75, 3.05) is 5.32 Å². The predicted molar refractivity (Wildman–Crippen MR) is 122 cm³/mol. The van der Waals surface area contributed by atoms with Crippen molar-refractivity contribution < 1.29 is 9.59 Å². The molecule has 6 nitrogen and oxygen atoms in total. The van der Waals surface area contributed by atoms with E-state index in [1.54, 1.807) is 6.20 Å². The Labute approximate surface area is 182 Å². The Morgan fingerprint density at radius 1 is 1.13 bits per heavy atom. The zero-order valence-electron chi connectivity index (χ0n) is 18.2. The molecule has 0 spiro atoms. The van der Waals surface area contributed by atoms with Gasteiger partial charge in [-0.3, -0.25) is 10.1 Å². The fourth-order valence-electron chi connectivity index (χ4n) is 4.04. The van der Waals surface area contributed by atoms with Gasteiger partial charge >= 0.3 is 6.03 Å². The van der Waals surface area contributed by atoms with Crippen LogP contribution in [0, 0.1) is 0 Å². The summed E-state index contributed by atoms with van der Waals surface area (Å²) in [5.74, 6) is 0.662. The van der Waals surface area contributed by atoms with Crippen molar-refractivity contribution in [3.05, 3.63) is 71.0 Å². The number of carbonyl (C=O) groups is 2. The van der Waals surface area contributed by atoms with Crippen LogP contribution >= 0.6 is 0 Å². The quantitative estimate of drug-likeness (QED) is 0.552. The summed E-state index contributed by atoms with van der Waals surface area (Å²) in [6.45, 7) is 5.77. The number of rotatable bonds is 4. The number of fused-ring (bicyclic) bond motifs is 1. The zero-order chi connectivity index (χ0) is 22.0. The summed E-state index contributed by atoms with van der Waals surface area (Å²) in [7, 11) is 0. The van der Waals surface area contributed by atoms with E-state index in [0.717, 1.165) is 46.5 Å². The van der Waals surface area contributed by atoms with Gasteiger partial charge in [-0.1, -0.05) is 30.3 Å². The number of carbonyl (C=O) groups excluding carboxylic acids is 2. The highest BCUT2D eigenvalue weighted by atomic mass is 16.2. The van der Waals surface area contributed by atoms with Gasteiger partial charge in [0.15, 0.2) is 5.78 Å². The zero-order valence-corrected chi connectivity index (χ0v) is 18.2. The number of anilines is 1. The molecular weight excluding hydrogens is 388 g/mol. The molecule has 2 amide bonds.